The summed E-state index contributed by atoms with van der Waals surface area (Å²) in [5.74, 6) is 1.86. The molecule has 1 nitrogen and oxygen atoms in total. The van der Waals surface area contributed by atoms with Crippen LogP contribution in [0.5, 0.6) is 0 Å². The number of hydrogen-bond acceptors (Lipinski definition) is 2. The molecule has 0 fully saturated rings. The van der Waals surface area contributed by atoms with Crippen LogP contribution in [0.3, 0.4) is 0 Å². The summed E-state index contributed by atoms with van der Waals surface area (Å²) in [6, 6.07) is 8.11. The van der Waals surface area contributed by atoms with Gasteiger partial charge in [0.05, 0.1) is 6.10 Å². The van der Waals surface area contributed by atoms with Gasteiger partial charge < -0.3 is 5.11 Å². The predicted molar refractivity (Wildman–Crippen MR) is 67.3 cm³/mol. The molecule has 0 saturated heterocycles. The van der Waals surface area contributed by atoms with Crippen molar-refractivity contribution in [1.29, 1.82) is 0 Å². The van der Waals surface area contributed by atoms with Crippen molar-refractivity contribution < 1.29 is 5.11 Å². The minimum Gasteiger partial charge on any atom is -0.389 e. The van der Waals surface area contributed by atoms with E-state index in [9.17, 15) is 5.11 Å². The van der Waals surface area contributed by atoms with Crippen molar-refractivity contribution in [2.45, 2.75) is 38.2 Å². The molecule has 0 radical (unpaired) electrons. The summed E-state index contributed by atoms with van der Waals surface area (Å²) in [6.45, 7) is 6.30. The van der Waals surface area contributed by atoms with Crippen molar-refractivity contribution in [3.05, 3.63) is 29.8 Å². The molecule has 0 amide bonds. The summed E-state index contributed by atoms with van der Waals surface area (Å²) in [7, 11) is 0. The Morgan fingerprint density at radius 1 is 1.27 bits per heavy atom. The third-order valence-electron chi connectivity index (χ3n) is 2.59. The van der Waals surface area contributed by atoms with E-state index in [0.717, 1.165) is 17.2 Å². The van der Waals surface area contributed by atoms with Crippen molar-refractivity contribution >= 4 is 11.8 Å². The molecule has 0 aliphatic rings. The maximum atomic E-state index is 9.61. The summed E-state index contributed by atoms with van der Waals surface area (Å²) in [5, 5.41) is 9.61. The lowest BCUT2D eigenvalue weighted by molar-refractivity contribution is 0.196. The summed E-state index contributed by atoms with van der Waals surface area (Å²) >= 11 is 1.85. The molecular formula is C13H20OS. The first-order valence-electron chi connectivity index (χ1n) is 5.55. The van der Waals surface area contributed by atoms with Gasteiger partial charge in [-0.15, -0.1) is 11.8 Å². The van der Waals surface area contributed by atoms with E-state index in [-0.39, 0.29) is 6.10 Å². The van der Waals surface area contributed by atoms with Gasteiger partial charge in [0.15, 0.2) is 0 Å². The lowest BCUT2D eigenvalue weighted by atomic mass is 10.1. The number of thioether (sulfide) groups is 1. The van der Waals surface area contributed by atoms with E-state index in [1.807, 2.05) is 36.9 Å². The highest BCUT2D eigenvalue weighted by Gasteiger charge is 2.08. The molecule has 0 spiro atoms. The molecule has 15 heavy (non-hydrogen) atoms. The van der Waals surface area contributed by atoms with Gasteiger partial charge in [-0.25, -0.2) is 0 Å². The first-order valence-corrected chi connectivity index (χ1v) is 6.53. The molecule has 0 aromatic heterocycles. The number of aliphatic hydroxyl groups is 1. The summed E-state index contributed by atoms with van der Waals surface area (Å²) < 4.78 is 0. The van der Waals surface area contributed by atoms with Gasteiger partial charge in [0.1, 0.15) is 0 Å². The highest BCUT2D eigenvalue weighted by molar-refractivity contribution is 7.99. The molecule has 0 heterocycles. The molecule has 2 heteroatoms. The molecular weight excluding hydrogens is 204 g/mol. The second kappa shape index (κ2) is 6.19. The van der Waals surface area contributed by atoms with Crippen LogP contribution in [-0.4, -0.2) is 10.9 Å². The van der Waals surface area contributed by atoms with Crippen LogP contribution in [0.4, 0.5) is 0 Å². The Kier molecular flexibility index (Phi) is 5.20. The second-order valence-electron chi connectivity index (χ2n) is 4.04. The van der Waals surface area contributed by atoms with Gasteiger partial charge >= 0.3 is 0 Å². The van der Waals surface area contributed by atoms with Crippen molar-refractivity contribution in [3.63, 3.8) is 0 Å². The molecule has 0 aliphatic heterocycles. The fraction of sp³-hybridized carbons (Fsp3) is 0.538. The highest BCUT2D eigenvalue weighted by atomic mass is 32.2. The van der Waals surface area contributed by atoms with Gasteiger partial charge in [-0.3, -0.25) is 0 Å². The fourth-order valence-corrected chi connectivity index (χ4v) is 2.59. The van der Waals surface area contributed by atoms with E-state index < -0.39 is 0 Å². The normalized spacial score (nSPS) is 14.9. The van der Waals surface area contributed by atoms with Gasteiger partial charge in [0.25, 0.3) is 0 Å². The third kappa shape index (κ3) is 3.88. The standard InChI is InChI=1S/C13H20OS/c1-4-10(2)9-15-13-8-6-5-7-12(13)11(3)14/h5-8,10-11,14H,4,9H2,1-3H3. The molecule has 1 N–H and O–H groups in total. The Hall–Kier alpha value is -0.470. The molecule has 0 aliphatic carbocycles. The Morgan fingerprint density at radius 3 is 2.53 bits per heavy atom. The quantitative estimate of drug-likeness (QED) is 0.766. The molecule has 1 aromatic carbocycles. The first-order chi connectivity index (χ1) is 7.15. The van der Waals surface area contributed by atoms with E-state index in [4.69, 9.17) is 0 Å². The average Bonchev–Trinajstić information content (AvgIpc) is 2.26. The van der Waals surface area contributed by atoms with Crippen LogP contribution >= 0.6 is 11.8 Å². The predicted octanol–water partition coefficient (Wildman–Crippen LogP) is 3.88. The highest BCUT2D eigenvalue weighted by Crippen LogP contribution is 2.29. The smallest absolute Gasteiger partial charge is 0.0772 e. The molecule has 1 rings (SSSR count). The number of hydrogen-bond donors (Lipinski definition) is 1. The molecule has 2 atom stereocenters. The van der Waals surface area contributed by atoms with E-state index >= 15 is 0 Å². The van der Waals surface area contributed by atoms with E-state index in [2.05, 4.69) is 19.9 Å². The van der Waals surface area contributed by atoms with Crippen molar-refractivity contribution in [2.75, 3.05) is 5.75 Å². The number of benzene rings is 1. The Morgan fingerprint density at radius 2 is 1.93 bits per heavy atom. The van der Waals surface area contributed by atoms with Crippen molar-refractivity contribution in [1.82, 2.24) is 0 Å². The molecule has 0 bridgehead atoms. The van der Waals surface area contributed by atoms with Crippen molar-refractivity contribution in [3.8, 4) is 0 Å². The Balaban J connectivity index is 2.67. The van der Waals surface area contributed by atoms with Crippen LogP contribution in [0.1, 0.15) is 38.9 Å². The van der Waals surface area contributed by atoms with Gasteiger partial charge in [-0.1, -0.05) is 38.5 Å². The Labute approximate surface area is 96.9 Å². The number of rotatable bonds is 5. The second-order valence-corrected chi connectivity index (χ2v) is 5.10. The fourth-order valence-electron chi connectivity index (χ4n) is 1.31. The zero-order valence-electron chi connectivity index (χ0n) is 9.73. The first kappa shape index (κ1) is 12.6. The molecule has 2 unspecified atom stereocenters. The van der Waals surface area contributed by atoms with Crippen LogP contribution in [0.2, 0.25) is 0 Å². The van der Waals surface area contributed by atoms with Gasteiger partial charge in [0, 0.05) is 10.6 Å². The van der Waals surface area contributed by atoms with Gasteiger partial charge in [-0.05, 0) is 24.5 Å². The minimum atomic E-state index is -0.370. The van der Waals surface area contributed by atoms with E-state index in [0.29, 0.717) is 0 Å². The monoisotopic (exact) mass is 224 g/mol. The molecule has 84 valence electrons. The summed E-state index contributed by atoms with van der Waals surface area (Å²) in [6.07, 6.45) is 0.842. The van der Waals surface area contributed by atoms with Crippen LogP contribution in [-0.2, 0) is 0 Å². The van der Waals surface area contributed by atoms with Crippen molar-refractivity contribution in [2.24, 2.45) is 5.92 Å². The Bertz CT molecular complexity index is 296. The van der Waals surface area contributed by atoms with Crippen LogP contribution in [0.15, 0.2) is 29.2 Å². The minimum absolute atomic E-state index is 0.370. The summed E-state index contributed by atoms with van der Waals surface area (Å²) in [4.78, 5) is 1.22. The molecule has 1 aromatic rings. The number of aliphatic hydroxyl groups excluding tert-OH is 1. The SMILES string of the molecule is CCC(C)CSc1ccccc1C(C)O. The average molecular weight is 224 g/mol. The summed E-state index contributed by atoms with van der Waals surface area (Å²) in [5.41, 5.74) is 1.05. The van der Waals surface area contributed by atoms with Crippen LogP contribution in [0.25, 0.3) is 0 Å². The van der Waals surface area contributed by atoms with Gasteiger partial charge in [0.2, 0.25) is 0 Å². The zero-order valence-corrected chi connectivity index (χ0v) is 10.6. The maximum absolute atomic E-state index is 9.61. The lowest BCUT2D eigenvalue weighted by Crippen LogP contribution is -1.98. The largest absolute Gasteiger partial charge is 0.389 e. The molecule has 0 saturated carbocycles. The topological polar surface area (TPSA) is 20.2 Å². The maximum Gasteiger partial charge on any atom is 0.0772 e. The zero-order chi connectivity index (χ0) is 11.3. The van der Waals surface area contributed by atoms with Crippen LogP contribution < -0.4 is 0 Å². The van der Waals surface area contributed by atoms with Crippen LogP contribution in [0, 0.1) is 5.92 Å². The van der Waals surface area contributed by atoms with E-state index in [1.165, 1.54) is 11.3 Å². The lowest BCUT2D eigenvalue weighted by Gasteiger charge is -2.13. The third-order valence-corrected chi connectivity index (χ3v) is 4.01. The van der Waals surface area contributed by atoms with E-state index in [1.54, 1.807) is 0 Å². The van der Waals surface area contributed by atoms with Gasteiger partial charge in [-0.2, -0.15) is 0 Å².